The Kier molecular flexibility index (Phi) is 5.90. The first-order chi connectivity index (χ1) is 9.69. The van der Waals surface area contributed by atoms with Gasteiger partial charge in [0.1, 0.15) is 12.2 Å². The minimum Gasteiger partial charge on any atom is -0.312 e. The number of rotatable bonds is 8. The summed E-state index contributed by atoms with van der Waals surface area (Å²) in [7, 11) is 0. The molecule has 2 rings (SSSR count). The van der Waals surface area contributed by atoms with Crippen LogP contribution in [0.25, 0.3) is 0 Å². The standard InChI is InChI=1S/C15H28N4S/c1-4-8-16-13(15(3)7-6-10-20-15)11-14-17-12-18-19(14)9-5-2/h12-13,16H,4-11H2,1-3H3. The van der Waals surface area contributed by atoms with E-state index in [0.717, 1.165) is 31.8 Å². The summed E-state index contributed by atoms with van der Waals surface area (Å²) >= 11 is 2.12. The van der Waals surface area contributed by atoms with Crippen molar-refractivity contribution in [2.75, 3.05) is 12.3 Å². The Morgan fingerprint density at radius 3 is 2.95 bits per heavy atom. The van der Waals surface area contributed by atoms with Crippen molar-refractivity contribution in [1.82, 2.24) is 20.1 Å². The van der Waals surface area contributed by atoms with E-state index in [9.17, 15) is 0 Å². The van der Waals surface area contributed by atoms with E-state index in [2.05, 4.69) is 52.6 Å². The minimum absolute atomic E-state index is 0.345. The monoisotopic (exact) mass is 296 g/mol. The Hall–Kier alpha value is -0.550. The summed E-state index contributed by atoms with van der Waals surface area (Å²) in [5, 5.41) is 8.12. The molecule has 1 aliphatic rings. The first-order valence-electron chi connectivity index (χ1n) is 7.93. The average molecular weight is 296 g/mol. The van der Waals surface area contributed by atoms with E-state index in [1.165, 1.54) is 25.0 Å². The van der Waals surface area contributed by atoms with E-state index < -0.39 is 0 Å². The van der Waals surface area contributed by atoms with Crippen LogP contribution >= 0.6 is 11.8 Å². The van der Waals surface area contributed by atoms with Gasteiger partial charge in [-0.15, -0.1) is 0 Å². The Bertz CT molecular complexity index is 398. The van der Waals surface area contributed by atoms with Crippen molar-refractivity contribution in [3.05, 3.63) is 12.2 Å². The third kappa shape index (κ3) is 3.76. The summed E-state index contributed by atoms with van der Waals surface area (Å²) in [6.07, 6.45) is 7.62. The second kappa shape index (κ2) is 7.46. The van der Waals surface area contributed by atoms with Gasteiger partial charge in [-0.3, -0.25) is 4.68 Å². The van der Waals surface area contributed by atoms with Gasteiger partial charge >= 0.3 is 0 Å². The smallest absolute Gasteiger partial charge is 0.138 e. The molecule has 0 radical (unpaired) electrons. The van der Waals surface area contributed by atoms with Crippen molar-refractivity contribution < 1.29 is 0 Å². The van der Waals surface area contributed by atoms with Gasteiger partial charge in [0.05, 0.1) is 0 Å². The molecular formula is C15H28N4S. The molecule has 1 N–H and O–H groups in total. The number of hydrogen-bond donors (Lipinski definition) is 1. The van der Waals surface area contributed by atoms with E-state index in [1.54, 1.807) is 6.33 Å². The van der Waals surface area contributed by atoms with Gasteiger partial charge in [-0.05, 0) is 44.9 Å². The molecule has 0 saturated carbocycles. The van der Waals surface area contributed by atoms with Gasteiger partial charge in [-0.1, -0.05) is 13.8 Å². The van der Waals surface area contributed by atoms with Crippen LogP contribution in [-0.4, -0.2) is 37.9 Å². The minimum atomic E-state index is 0.345. The molecule has 1 saturated heterocycles. The predicted octanol–water partition coefficient (Wildman–Crippen LogP) is 2.88. The number of nitrogens with zero attached hydrogens (tertiary/aromatic N) is 3. The highest BCUT2D eigenvalue weighted by Gasteiger charge is 2.38. The van der Waals surface area contributed by atoms with E-state index >= 15 is 0 Å². The normalized spacial score (nSPS) is 24.1. The van der Waals surface area contributed by atoms with Gasteiger partial charge in [-0.25, -0.2) is 4.98 Å². The first-order valence-corrected chi connectivity index (χ1v) is 8.92. The highest BCUT2D eigenvalue weighted by atomic mass is 32.2. The van der Waals surface area contributed by atoms with Gasteiger partial charge in [0.15, 0.2) is 0 Å². The lowest BCUT2D eigenvalue weighted by Gasteiger charge is -2.34. The van der Waals surface area contributed by atoms with Crippen LogP contribution in [0.3, 0.4) is 0 Å². The summed E-state index contributed by atoms with van der Waals surface area (Å²) in [6.45, 7) is 8.89. The second-order valence-corrected chi connectivity index (χ2v) is 7.50. The highest BCUT2D eigenvalue weighted by Crippen LogP contribution is 2.41. The lowest BCUT2D eigenvalue weighted by Crippen LogP contribution is -2.47. The zero-order valence-corrected chi connectivity index (χ0v) is 13.9. The molecule has 0 aromatic carbocycles. The molecule has 0 bridgehead atoms. The fraction of sp³-hybridized carbons (Fsp3) is 0.867. The Morgan fingerprint density at radius 1 is 1.45 bits per heavy atom. The Morgan fingerprint density at radius 2 is 2.30 bits per heavy atom. The summed E-state index contributed by atoms with van der Waals surface area (Å²) in [6, 6.07) is 0.495. The van der Waals surface area contributed by atoms with Crippen LogP contribution in [0.15, 0.2) is 6.33 Å². The molecule has 1 fully saturated rings. The molecule has 0 amide bonds. The fourth-order valence-corrected chi connectivity index (χ4v) is 4.34. The SMILES string of the molecule is CCCNC(Cc1ncnn1CCC)C1(C)CCCS1. The molecule has 0 aliphatic carbocycles. The molecule has 2 unspecified atom stereocenters. The molecule has 2 atom stereocenters. The number of aryl methyl sites for hydroxylation is 1. The summed E-state index contributed by atoms with van der Waals surface area (Å²) in [5.74, 6) is 2.43. The van der Waals surface area contributed by atoms with Gasteiger partial charge < -0.3 is 5.32 Å². The van der Waals surface area contributed by atoms with Crippen LogP contribution in [-0.2, 0) is 13.0 Å². The molecule has 4 nitrogen and oxygen atoms in total. The van der Waals surface area contributed by atoms with E-state index in [0.29, 0.717) is 10.8 Å². The van der Waals surface area contributed by atoms with Crippen molar-refractivity contribution in [3.8, 4) is 0 Å². The lowest BCUT2D eigenvalue weighted by molar-refractivity contribution is 0.385. The summed E-state index contributed by atoms with van der Waals surface area (Å²) in [4.78, 5) is 4.49. The number of thioether (sulfide) groups is 1. The van der Waals surface area contributed by atoms with Gasteiger partial charge in [-0.2, -0.15) is 16.9 Å². The van der Waals surface area contributed by atoms with E-state index in [1.807, 2.05) is 0 Å². The van der Waals surface area contributed by atoms with Gasteiger partial charge in [0.2, 0.25) is 0 Å². The lowest BCUT2D eigenvalue weighted by atomic mass is 9.93. The molecule has 1 aromatic heterocycles. The number of aromatic nitrogens is 3. The maximum atomic E-state index is 4.49. The third-order valence-electron chi connectivity index (χ3n) is 4.15. The van der Waals surface area contributed by atoms with Crippen molar-refractivity contribution >= 4 is 11.8 Å². The van der Waals surface area contributed by atoms with Crippen LogP contribution in [0.4, 0.5) is 0 Å². The van der Waals surface area contributed by atoms with Crippen LogP contribution in [0.2, 0.25) is 0 Å². The maximum Gasteiger partial charge on any atom is 0.138 e. The van der Waals surface area contributed by atoms with Crippen LogP contribution in [0.5, 0.6) is 0 Å². The number of nitrogens with one attached hydrogen (secondary N) is 1. The molecule has 5 heteroatoms. The van der Waals surface area contributed by atoms with Gasteiger partial charge in [0.25, 0.3) is 0 Å². The highest BCUT2D eigenvalue weighted by molar-refractivity contribution is 8.00. The summed E-state index contributed by atoms with van der Waals surface area (Å²) < 4.78 is 2.42. The topological polar surface area (TPSA) is 42.7 Å². The molecular weight excluding hydrogens is 268 g/mol. The molecule has 0 spiro atoms. The molecule has 1 aromatic rings. The molecule has 1 aliphatic heterocycles. The van der Waals surface area contributed by atoms with Crippen molar-refractivity contribution in [1.29, 1.82) is 0 Å². The predicted molar refractivity (Wildman–Crippen MR) is 86.2 cm³/mol. The van der Waals surface area contributed by atoms with Crippen LogP contribution < -0.4 is 5.32 Å². The number of hydrogen-bond acceptors (Lipinski definition) is 4. The average Bonchev–Trinajstić information content (AvgIpc) is 3.05. The third-order valence-corrected chi connectivity index (χ3v) is 5.79. The van der Waals surface area contributed by atoms with E-state index in [-0.39, 0.29) is 0 Å². The first kappa shape index (κ1) is 15.8. The fourth-order valence-electron chi connectivity index (χ4n) is 2.93. The summed E-state index contributed by atoms with van der Waals surface area (Å²) in [5.41, 5.74) is 0. The van der Waals surface area contributed by atoms with Crippen molar-refractivity contribution in [2.24, 2.45) is 0 Å². The van der Waals surface area contributed by atoms with Gasteiger partial charge in [0, 0.05) is 23.8 Å². The molecule has 114 valence electrons. The molecule has 2 heterocycles. The van der Waals surface area contributed by atoms with Crippen LogP contribution in [0.1, 0.15) is 52.3 Å². The van der Waals surface area contributed by atoms with Crippen molar-refractivity contribution in [2.45, 2.75) is 70.2 Å². The molecule has 20 heavy (non-hydrogen) atoms. The Balaban J connectivity index is 2.08. The Labute approximate surface area is 127 Å². The largest absolute Gasteiger partial charge is 0.312 e. The zero-order valence-electron chi connectivity index (χ0n) is 13.1. The van der Waals surface area contributed by atoms with Crippen LogP contribution in [0, 0.1) is 0 Å². The van der Waals surface area contributed by atoms with Crippen molar-refractivity contribution in [3.63, 3.8) is 0 Å². The van der Waals surface area contributed by atoms with E-state index in [4.69, 9.17) is 0 Å². The second-order valence-electron chi connectivity index (χ2n) is 5.87. The maximum absolute atomic E-state index is 4.49. The zero-order chi connectivity index (χ0) is 14.4. The quantitative estimate of drug-likeness (QED) is 0.801.